The van der Waals surface area contributed by atoms with Crippen LogP contribution in [-0.2, 0) is 14.3 Å². The van der Waals surface area contributed by atoms with E-state index in [0.717, 1.165) is 18.6 Å². The molecule has 0 saturated heterocycles. The van der Waals surface area contributed by atoms with Crippen LogP contribution in [0.15, 0.2) is 0 Å². The number of esters is 1. The molecule has 1 atom stereocenters. The normalized spacial score (nSPS) is 12.0. The van der Waals surface area contributed by atoms with Crippen molar-refractivity contribution >= 4 is 23.6 Å². The Morgan fingerprint density at radius 2 is 1.50 bits per heavy atom. The number of ether oxygens (including phenoxy) is 1. The summed E-state index contributed by atoms with van der Waals surface area (Å²) < 4.78 is 5.10. The van der Waals surface area contributed by atoms with E-state index in [1.54, 1.807) is 11.8 Å². The van der Waals surface area contributed by atoms with Crippen molar-refractivity contribution in [3.63, 3.8) is 0 Å². The fourth-order valence-electron chi connectivity index (χ4n) is 2.61. The van der Waals surface area contributed by atoms with Crippen LogP contribution >= 0.6 is 11.8 Å². The van der Waals surface area contributed by atoms with Gasteiger partial charge in [-0.2, -0.15) is 11.8 Å². The van der Waals surface area contributed by atoms with Crippen LogP contribution in [0.2, 0.25) is 0 Å². The van der Waals surface area contributed by atoms with Gasteiger partial charge in [-0.1, -0.05) is 64.7 Å². The second kappa shape index (κ2) is 17.1. The van der Waals surface area contributed by atoms with E-state index >= 15 is 0 Å². The van der Waals surface area contributed by atoms with Crippen molar-refractivity contribution in [2.75, 3.05) is 18.6 Å². The molecule has 0 aliphatic carbocycles. The molecular weight excluding hydrogens is 322 g/mol. The number of hydrogen-bond acceptors (Lipinski definition) is 4. The van der Waals surface area contributed by atoms with Crippen molar-refractivity contribution < 1.29 is 14.3 Å². The zero-order valence-corrected chi connectivity index (χ0v) is 16.7. The monoisotopic (exact) mass is 359 g/mol. The van der Waals surface area contributed by atoms with Crippen LogP contribution in [0, 0.1) is 0 Å². The second-order valence-electron chi connectivity index (χ2n) is 6.35. The van der Waals surface area contributed by atoms with E-state index in [1.807, 2.05) is 6.26 Å². The van der Waals surface area contributed by atoms with Gasteiger partial charge in [0.15, 0.2) is 6.10 Å². The highest BCUT2D eigenvalue weighted by molar-refractivity contribution is 7.98. The lowest BCUT2D eigenvalue weighted by Gasteiger charge is -2.16. The Balaban J connectivity index is 3.59. The first kappa shape index (κ1) is 23.3. The molecule has 0 saturated carbocycles. The molecular formula is C19H37NO3S. The fraction of sp³-hybridized carbons (Fsp3) is 0.895. The Morgan fingerprint density at radius 1 is 0.958 bits per heavy atom. The second-order valence-corrected chi connectivity index (χ2v) is 7.34. The topological polar surface area (TPSA) is 55.4 Å². The summed E-state index contributed by atoms with van der Waals surface area (Å²) in [7, 11) is 0. The first-order chi connectivity index (χ1) is 11.6. The van der Waals surface area contributed by atoms with E-state index < -0.39 is 12.1 Å². The number of rotatable bonds is 16. The van der Waals surface area contributed by atoms with Crippen molar-refractivity contribution in [2.24, 2.45) is 0 Å². The van der Waals surface area contributed by atoms with Gasteiger partial charge in [0.1, 0.15) is 0 Å². The first-order valence-electron chi connectivity index (χ1n) is 9.55. The van der Waals surface area contributed by atoms with Crippen LogP contribution in [0.5, 0.6) is 0 Å². The number of thioether (sulfide) groups is 1. The Morgan fingerprint density at radius 3 is 2.00 bits per heavy atom. The van der Waals surface area contributed by atoms with Gasteiger partial charge in [-0.05, 0) is 18.4 Å². The van der Waals surface area contributed by atoms with Crippen LogP contribution in [0.1, 0.15) is 84.5 Å². The van der Waals surface area contributed by atoms with Gasteiger partial charge in [-0.3, -0.25) is 9.59 Å². The van der Waals surface area contributed by atoms with Gasteiger partial charge in [0.2, 0.25) is 0 Å². The summed E-state index contributed by atoms with van der Waals surface area (Å²) in [6.07, 6.45) is 14.7. The van der Waals surface area contributed by atoms with Crippen LogP contribution < -0.4 is 5.32 Å². The van der Waals surface area contributed by atoms with Gasteiger partial charge >= 0.3 is 5.97 Å². The van der Waals surface area contributed by atoms with Gasteiger partial charge in [0, 0.05) is 19.9 Å². The molecule has 0 aromatic rings. The quantitative estimate of drug-likeness (QED) is 0.320. The predicted molar refractivity (Wildman–Crippen MR) is 103 cm³/mol. The summed E-state index contributed by atoms with van der Waals surface area (Å²) in [5.74, 6) is 0.259. The number of hydrogen-bond donors (Lipinski definition) is 1. The van der Waals surface area contributed by atoms with Crippen molar-refractivity contribution in [1.29, 1.82) is 0 Å². The van der Waals surface area contributed by atoms with E-state index in [9.17, 15) is 9.59 Å². The molecule has 0 fully saturated rings. The molecule has 1 amide bonds. The molecule has 4 nitrogen and oxygen atoms in total. The maximum absolute atomic E-state index is 12.0. The summed E-state index contributed by atoms with van der Waals surface area (Å²) in [5, 5.41) is 2.90. The van der Waals surface area contributed by atoms with E-state index in [0.29, 0.717) is 13.0 Å². The number of unbranched alkanes of at least 4 members (excludes halogenated alkanes) is 9. The first-order valence-corrected chi connectivity index (χ1v) is 10.9. The summed E-state index contributed by atoms with van der Waals surface area (Å²) in [6.45, 7) is 4.27. The molecule has 24 heavy (non-hydrogen) atoms. The van der Waals surface area contributed by atoms with Crippen LogP contribution in [0.3, 0.4) is 0 Å². The van der Waals surface area contributed by atoms with Gasteiger partial charge in [0.05, 0.1) is 0 Å². The highest BCUT2D eigenvalue weighted by atomic mass is 32.2. The van der Waals surface area contributed by atoms with E-state index in [2.05, 4.69) is 12.2 Å². The number of carbonyl (C=O) groups is 2. The molecule has 0 heterocycles. The van der Waals surface area contributed by atoms with E-state index in [1.165, 1.54) is 58.3 Å². The van der Waals surface area contributed by atoms with Crippen LogP contribution in [0.4, 0.5) is 0 Å². The minimum absolute atomic E-state index is 0.157. The third-order valence-electron chi connectivity index (χ3n) is 4.01. The fourth-order valence-corrected chi connectivity index (χ4v) is 3.06. The molecule has 5 heteroatoms. The molecule has 0 aromatic heterocycles. The van der Waals surface area contributed by atoms with Crippen molar-refractivity contribution in [3.05, 3.63) is 0 Å². The van der Waals surface area contributed by atoms with Crippen LogP contribution in [-0.4, -0.2) is 36.5 Å². The minimum atomic E-state index is -0.641. The Hall–Kier alpha value is -0.710. The lowest BCUT2D eigenvalue weighted by Crippen LogP contribution is -2.38. The van der Waals surface area contributed by atoms with E-state index in [-0.39, 0.29) is 5.91 Å². The van der Waals surface area contributed by atoms with E-state index in [4.69, 9.17) is 4.74 Å². The maximum atomic E-state index is 12.0. The minimum Gasteiger partial charge on any atom is -0.452 e. The third kappa shape index (κ3) is 14.9. The molecule has 142 valence electrons. The molecule has 0 aliphatic heterocycles. The summed E-state index contributed by atoms with van der Waals surface area (Å²) in [6, 6.07) is 0. The number of amides is 1. The Bertz CT molecular complexity index is 324. The average molecular weight is 360 g/mol. The summed E-state index contributed by atoms with van der Waals surface area (Å²) in [4.78, 5) is 23.1. The molecule has 0 rings (SSSR count). The predicted octanol–water partition coefficient (Wildman–Crippen LogP) is 4.71. The number of nitrogens with one attached hydrogen (secondary N) is 1. The maximum Gasteiger partial charge on any atom is 0.303 e. The third-order valence-corrected chi connectivity index (χ3v) is 4.66. The zero-order valence-electron chi connectivity index (χ0n) is 15.9. The lowest BCUT2D eigenvalue weighted by molar-refractivity contribution is -0.153. The smallest absolute Gasteiger partial charge is 0.303 e. The average Bonchev–Trinajstić information content (AvgIpc) is 2.55. The van der Waals surface area contributed by atoms with Crippen molar-refractivity contribution in [3.8, 4) is 0 Å². The molecule has 0 aliphatic rings. The SMILES string of the molecule is CCCCCCCCCCCCNC(=O)C(CCSC)OC(C)=O. The lowest BCUT2D eigenvalue weighted by atomic mass is 10.1. The number of carbonyl (C=O) groups excluding carboxylic acids is 2. The van der Waals surface area contributed by atoms with Gasteiger partial charge in [0.25, 0.3) is 5.91 Å². The molecule has 0 radical (unpaired) electrons. The van der Waals surface area contributed by atoms with Crippen LogP contribution in [0.25, 0.3) is 0 Å². The van der Waals surface area contributed by atoms with Gasteiger partial charge in [-0.25, -0.2) is 0 Å². The van der Waals surface area contributed by atoms with Gasteiger partial charge in [-0.15, -0.1) is 0 Å². The Kier molecular flexibility index (Phi) is 16.6. The molecule has 0 spiro atoms. The molecule has 1 unspecified atom stereocenters. The van der Waals surface area contributed by atoms with Gasteiger partial charge < -0.3 is 10.1 Å². The standard InChI is InChI=1S/C19H37NO3S/c1-4-5-6-7-8-9-10-11-12-13-15-20-19(22)18(14-16-24-3)23-17(2)21/h18H,4-16H2,1-3H3,(H,20,22). The Labute approximate surface area is 152 Å². The summed E-state index contributed by atoms with van der Waals surface area (Å²) in [5.41, 5.74) is 0. The van der Waals surface area contributed by atoms with Crippen molar-refractivity contribution in [2.45, 2.75) is 90.6 Å². The largest absolute Gasteiger partial charge is 0.452 e. The zero-order chi connectivity index (χ0) is 18.0. The summed E-state index contributed by atoms with van der Waals surface area (Å²) >= 11 is 1.65. The highest BCUT2D eigenvalue weighted by Gasteiger charge is 2.20. The highest BCUT2D eigenvalue weighted by Crippen LogP contribution is 2.10. The van der Waals surface area contributed by atoms with Crippen molar-refractivity contribution in [1.82, 2.24) is 5.32 Å². The molecule has 0 bridgehead atoms. The molecule has 1 N–H and O–H groups in total. The molecule has 0 aromatic carbocycles.